The Kier molecular flexibility index (Phi) is 7.60. The average Bonchev–Trinajstić information content (AvgIpc) is 3.49. The Balaban J connectivity index is 1.41. The van der Waals surface area contributed by atoms with E-state index in [1.54, 1.807) is 35.8 Å². The number of nitrogens with one attached hydrogen (secondary N) is 1. The predicted octanol–water partition coefficient (Wildman–Crippen LogP) is 8.02. The molecule has 0 radical (unpaired) electrons. The van der Waals surface area contributed by atoms with E-state index in [1.807, 2.05) is 0 Å². The molecule has 2 aliphatic carbocycles. The fourth-order valence-corrected chi connectivity index (χ4v) is 6.75. The number of fused-ring (bicyclic) bond motifs is 1. The van der Waals surface area contributed by atoms with Gasteiger partial charge in [-0.1, -0.05) is 30.9 Å². The van der Waals surface area contributed by atoms with Crippen LogP contribution in [0.3, 0.4) is 0 Å². The number of carbonyl (C=O) groups excluding carboxylic acids is 1. The number of benzene rings is 1. The maximum atomic E-state index is 13.3. The number of aryl methyl sites for hydroxylation is 1. The molecule has 1 N–H and O–H groups in total. The minimum atomic E-state index is -0.497. The Morgan fingerprint density at radius 2 is 1.97 bits per heavy atom. The van der Waals surface area contributed by atoms with Gasteiger partial charge in [-0.3, -0.25) is 14.9 Å². The third-order valence-corrected chi connectivity index (χ3v) is 9.31. The minimum Gasteiger partial charge on any atom is -0.455 e. The zero-order valence-corrected chi connectivity index (χ0v) is 22.7. The van der Waals surface area contributed by atoms with Gasteiger partial charge < -0.3 is 9.73 Å². The van der Waals surface area contributed by atoms with Crippen LogP contribution in [0.5, 0.6) is 0 Å². The Morgan fingerprint density at radius 3 is 2.75 bits per heavy atom. The Hall–Kier alpha value is -2.49. The molecule has 1 fully saturated rings. The van der Waals surface area contributed by atoms with E-state index in [4.69, 9.17) is 16.0 Å². The molecule has 1 saturated carbocycles. The van der Waals surface area contributed by atoms with Crippen molar-refractivity contribution in [3.63, 3.8) is 0 Å². The summed E-state index contributed by atoms with van der Waals surface area (Å²) in [6.07, 6.45) is 11.3. The molecule has 36 heavy (non-hydrogen) atoms. The summed E-state index contributed by atoms with van der Waals surface area (Å²) in [5.41, 5.74) is 2.21. The summed E-state index contributed by atoms with van der Waals surface area (Å²) < 4.78 is 6.13. The molecule has 0 aliphatic heterocycles. The van der Waals surface area contributed by atoms with E-state index in [2.05, 4.69) is 26.2 Å². The van der Waals surface area contributed by atoms with E-state index >= 15 is 0 Å². The second-order valence-electron chi connectivity index (χ2n) is 9.21. The molecule has 0 atom stereocenters. The van der Waals surface area contributed by atoms with Gasteiger partial charge in [0.05, 0.1) is 21.7 Å². The number of nitrogens with zero attached hydrogens (tertiary/aromatic N) is 2. The fraction of sp³-hybridized carbons (Fsp3) is 0.385. The number of halogens is 2. The average molecular weight is 591 g/mol. The van der Waals surface area contributed by atoms with Crippen molar-refractivity contribution in [2.45, 2.75) is 63.8 Å². The standard InChI is InChI=1S/C26H25BrClN3O4S/c27-24-19(28)12-15(13-20(24)31(33)34)21-11-10-17(35-21)14-29-26-23(18-8-4-5-9-22(18)36-26)25(32)30-16-6-2-1-3-7-16/h10-14,16H,1-9H2,(H,30,32). The van der Waals surface area contributed by atoms with Gasteiger partial charge in [0.25, 0.3) is 11.6 Å². The third-order valence-electron chi connectivity index (χ3n) is 6.75. The number of thiophene rings is 1. The topological polar surface area (TPSA) is 97.7 Å². The molecular weight excluding hydrogens is 566 g/mol. The lowest BCUT2D eigenvalue weighted by molar-refractivity contribution is -0.385. The monoisotopic (exact) mass is 589 g/mol. The molecule has 3 aromatic rings. The zero-order chi connectivity index (χ0) is 25.2. The Morgan fingerprint density at radius 1 is 1.19 bits per heavy atom. The van der Waals surface area contributed by atoms with Crippen LogP contribution in [-0.4, -0.2) is 23.1 Å². The van der Waals surface area contributed by atoms with Crippen molar-refractivity contribution in [2.75, 3.05) is 0 Å². The molecule has 1 amide bonds. The van der Waals surface area contributed by atoms with Crippen LogP contribution in [0.1, 0.15) is 71.5 Å². The van der Waals surface area contributed by atoms with Crippen LogP contribution in [0, 0.1) is 10.1 Å². The molecule has 0 saturated heterocycles. The van der Waals surface area contributed by atoms with Gasteiger partial charge in [-0.05, 0) is 78.2 Å². The number of aliphatic imine (C=N–C) groups is 1. The molecule has 2 aliphatic rings. The summed E-state index contributed by atoms with van der Waals surface area (Å²) in [7, 11) is 0. The van der Waals surface area contributed by atoms with Crippen LogP contribution in [0.15, 0.2) is 38.1 Å². The van der Waals surface area contributed by atoms with E-state index in [9.17, 15) is 14.9 Å². The quantitative estimate of drug-likeness (QED) is 0.178. The van der Waals surface area contributed by atoms with Crippen LogP contribution in [-0.2, 0) is 12.8 Å². The van der Waals surface area contributed by atoms with Crippen molar-refractivity contribution in [2.24, 2.45) is 4.99 Å². The second kappa shape index (κ2) is 10.9. The van der Waals surface area contributed by atoms with Gasteiger partial charge in [-0.15, -0.1) is 11.3 Å². The van der Waals surface area contributed by atoms with Crippen molar-refractivity contribution >= 4 is 61.7 Å². The van der Waals surface area contributed by atoms with Gasteiger partial charge in [-0.25, -0.2) is 4.99 Å². The number of hydrogen-bond acceptors (Lipinski definition) is 6. The summed E-state index contributed by atoms with van der Waals surface area (Å²) in [5.74, 6) is 0.900. The minimum absolute atomic E-state index is 0.0228. The lowest BCUT2D eigenvalue weighted by Crippen LogP contribution is -2.36. The summed E-state index contributed by atoms with van der Waals surface area (Å²) in [5, 5.41) is 15.5. The molecule has 2 aromatic heterocycles. The molecule has 5 rings (SSSR count). The van der Waals surface area contributed by atoms with Crippen molar-refractivity contribution in [1.82, 2.24) is 5.32 Å². The highest BCUT2D eigenvalue weighted by Gasteiger charge is 2.27. The number of nitro groups is 1. The first-order valence-corrected chi connectivity index (χ1v) is 14.1. The summed E-state index contributed by atoms with van der Waals surface area (Å²) in [6, 6.07) is 6.73. The zero-order valence-electron chi connectivity index (χ0n) is 19.5. The lowest BCUT2D eigenvalue weighted by Gasteiger charge is -2.23. The fourth-order valence-electron chi connectivity index (χ4n) is 4.93. The number of nitro benzene ring substituents is 1. The van der Waals surface area contributed by atoms with Crippen LogP contribution in [0.2, 0.25) is 5.02 Å². The molecule has 1 aromatic carbocycles. The highest BCUT2D eigenvalue weighted by molar-refractivity contribution is 9.10. The van der Waals surface area contributed by atoms with Crippen LogP contribution in [0.25, 0.3) is 11.3 Å². The summed E-state index contributed by atoms with van der Waals surface area (Å²) >= 11 is 10.9. The largest absolute Gasteiger partial charge is 0.455 e. The van der Waals surface area contributed by atoms with Crippen molar-refractivity contribution in [3.05, 3.63) is 65.6 Å². The van der Waals surface area contributed by atoms with E-state index in [0.29, 0.717) is 27.6 Å². The van der Waals surface area contributed by atoms with E-state index in [-0.39, 0.29) is 27.1 Å². The van der Waals surface area contributed by atoms with E-state index in [0.717, 1.165) is 56.9 Å². The molecule has 188 valence electrons. The molecule has 0 bridgehead atoms. The van der Waals surface area contributed by atoms with Crippen molar-refractivity contribution in [1.29, 1.82) is 0 Å². The molecule has 7 nitrogen and oxygen atoms in total. The first kappa shape index (κ1) is 25.2. The first-order valence-electron chi connectivity index (χ1n) is 12.1. The lowest BCUT2D eigenvalue weighted by atomic mass is 9.93. The van der Waals surface area contributed by atoms with Gasteiger partial charge in [0, 0.05) is 22.5 Å². The van der Waals surface area contributed by atoms with Crippen LogP contribution < -0.4 is 5.32 Å². The van der Waals surface area contributed by atoms with Crippen LogP contribution in [0.4, 0.5) is 10.7 Å². The summed E-state index contributed by atoms with van der Waals surface area (Å²) in [4.78, 5) is 30.1. The molecule has 0 unspecified atom stereocenters. The van der Waals surface area contributed by atoms with Crippen molar-refractivity contribution < 1.29 is 14.1 Å². The Labute approximate surface area is 226 Å². The first-order chi connectivity index (χ1) is 17.4. The molecule has 2 heterocycles. The normalized spacial score (nSPS) is 16.3. The van der Waals surface area contributed by atoms with E-state index in [1.165, 1.54) is 17.4 Å². The van der Waals surface area contributed by atoms with Gasteiger partial charge in [0.15, 0.2) is 0 Å². The number of carbonyl (C=O) groups is 1. The number of amides is 1. The van der Waals surface area contributed by atoms with Gasteiger partial charge in [-0.2, -0.15) is 0 Å². The number of hydrogen-bond donors (Lipinski definition) is 1. The van der Waals surface area contributed by atoms with Crippen LogP contribution >= 0.6 is 38.9 Å². The molecule has 0 spiro atoms. The predicted molar refractivity (Wildman–Crippen MR) is 146 cm³/mol. The van der Waals surface area contributed by atoms with Gasteiger partial charge in [0.1, 0.15) is 21.0 Å². The maximum absolute atomic E-state index is 13.3. The SMILES string of the molecule is O=C(NC1CCCCC1)c1c(N=Cc2ccc(-c3cc(Cl)c(Br)c([N+](=O)[O-])c3)o2)sc2c1CCCC2. The highest BCUT2D eigenvalue weighted by Crippen LogP contribution is 2.41. The van der Waals surface area contributed by atoms with Gasteiger partial charge in [0.2, 0.25) is 0 Å². The Bertz CT molecular complexity index is 1340. The molecule has 10 heteroatoms. The third kappa shape index (κ3) is 5.28. The summed E-state index contributed by atoms with van der Waals surface area (Å²) in [6.45, 7) is 0. The smallest absolute Gasteiger partial charge is 0.285 e. The van der Waals surface area contributed by atoms with Gasteiger partial charge >= 0.3 is 0 Å². The number of furan rings is 1. The van der Waals surface area contributed by atoms with E-state index < -0.39 is 4.92 Å². The highest BCUT2D eigenvalue weighted by atomic mass is 79.9. The van der Waals surface area contributed by atoms with Crippen molar-refractivity contribution in [3.8, 4) is 11.3 Å². The maximum Gasteiger partial charge on any atom is 0.285 e. The second-order valence-corrected chi connectivity index (χ2v) is 11.5. The molecular formula is C26H25BrClN3O4S. The number of rotatable bonds is 6.